The Balaban J connectivity index is 3.27. The molecule has 0 radical (unpaired) electrons. The number of rotatable bonds is 2. The summed E-state index contributed by atoms with van der Waals surface area (Å²) in [7, 11) is 0. The average Bonchev–Trinajstić information content (AvgIpc) is 2.08. The van der Waals surface area contributed by atoms with E-state index in [0.29, 0.717) is 0 Å². The van der Waals surface area contributed by atoms with Gasteiger partial charge in [-0.3, -0.25) is 0 Å². The Morgan fingerprint density at radius 1 is 1.62 bits per heavy atom. The second kappa shape index (κ2) is 3.97. The lowest BCUT2D eigenvalue weighted by Gasteiger charge is -2.07. The highest BCUT2D eigenvalue weighted by Gasteiger charge is 2.18. The molecular formula is C7H7BrF2N2O. The van der Waals surface area contributed by atoms with Crippen molar-refractivity contribution >= 4 is 15.9 Å². The topological polar surface area (TPSA) is 59.1 Å². The molecule has 0 aliphatic rings. The van der Waals surface area contributed by atoms with Crippen LogP contribution >= 0.6 is 15.9 Å². The van der Waals surface area contributed by atoms with Crippen molar-refractivity contribution in [2.75, 3.05) is 0 Å². The highest BCUT2D eigenvalue weighted by molar-refractivity contribution is 9.10. The van der Waals surface area contributed by atoms with Crippen LogP contribution in [0.25, 0.3) is 0 Å². The van der Waals surface area contributed by atoms with E-state index in [0.717, 1.165) is 0 Å². The van der Waals surface area contributed by atoms with Crippen LogP contribution in [0.5, 0.6) is 5.75 Å². The number of aromatic hydroxyl groups is 1. The van der Waals surface area contributed by atoms with Crippen molar-refractivity contribution in [3.05, 3.63) is 21.9 Å². The van der Waals surface area contributed by atoms with E-state index in [4.69, 9.17) is 5.73 Å². The third-order valence-electron chi connectivity index (χ3n) is 1.49. The second-order valence-electron chi connectivity index (χ2n) is 2.34. The van der Waals surface area contributed by atoms with Gasteiger partial charge in [0, 0.05) is 12.1 Å². The van der Waals surface area contributed by atoms with Crippen LogP contribution in [0.3, 0.4) is 0 Å². The zero-order valence-electron chi connectivity index (χ0n) is 6.47. The first-order valence-electron chi connectivity index (χ1n) is 3.42. The fourth-order valence-corrected chi connectivity index (χ4v) is 1.35. The van der Waals surface area contributed by atoms with Crippen molar-refractivity contribution in [1.82, 2.24) is 4.98 Å². The fourth-order valence-electron chi connectivity index (χ4n) is 0.885. The lowest BCUT2D eigenvalue weighted by atomic mass is 10.2. The Kier molecular flexibility index (Phi) is 3.16. The normalized spacial score (nSPS) is 10.8. The zero-order valence-corrected chi connectivity index (χ0v) is 8.05. The quantitative estimate of drug-likeness (QED) is 0.792. The molecule has 3 nitrogen and oxygen atoms in total. The highest BCUT2D eigenvalue weighted by Crippen LogP contribution is 2.31. The summed E-state index contributed by atoms with van der Waals surface area (Å²) in [4.78, 5) is 3.44. The minimum absolute atomic E-state index is 0.00727. The predicted molar refractivity (Wildman–Crippen MR) is 46.5 cm³/mol. The van der Waals surface area contributed by atoms with Gasteiger partial charge in [-0.25, -0.2) is 13.8 Å². The Bertz CT molecular complexity index is 320. The monoisotopic (exact) mass is 252 g/mol. The Morgan fingerprint density at radius 3 is 2.69 bits per heavy atom. The summed E-state index contributed by atoms with van der Waals surface area (Å²) in [6.07, 6.45) is -2.80. The third-order valence-corrected chi connectivity index (χ3v) is 1.90. The molecule has 0 spiro atoms. The first kappa shape index (κ1) is 10.3. The van der Waals surface area contributed by atoms with Crippen LogP contribution in [0.15, 0.2) is 10.7 Å². The van der Waals surface area contributed by atoms with Crippen LogP contribution < -0.4 is 5.73 Å². The lowest BCUT2D eigenvalue weighted by molar-refractivity contribution is 0.141. The molecule has 0 fully saturated rings. The maximum atomic E-state index is 12.2. The molecule has 0 saturated carbocycles. The van der Waals surface area contributed by atoms with E-state index in [9.17, 15) is 13.9 Å². The van der Waals surface area contributed by atoms with Gasteiger partial charge in [0.25, 0.3) is 6.43 Å². The maximum Gasteiger partial charge on any atom is 0.284 e. The van der Waals surface area contributed by atoms with Gasteiger partial charge in [-0.05, 0) is 22.0 Å². The fraction of sp³-hybridized carbons (Fsp3) is 0.286. The summed E-state index contributed by atoms with van der Waals surface area (Å²) in [5, 5.41) is 9.24. The summed E-state index contributed by atoms with van der Waals surface area (Å²) in [5.74, 6) is -0.527. The number of nitrogens with two attached hydrogens (primary N) is 1. The zero-order chi connectivity index (χ0) is 10.0. The van der Waals surface area contributed by atoms with E-state index in [2.05, 4.69) is 20.9 Å². The SMILES string of the molecule is NCc1cc(Br)nc(C(F)F)c1O. The van der Waals surface area contributed by atoms with E-state index in [1.165, 1.54) is 6.07 Å². The summed E-state index contributed by atoms with van der Waals surface area (Å²) >= 11 is 2.95. The van der Waals surface area contributed by atoms with Crippen LogP contribution in [0, 0.1) is 0 Å². The van der Waals surface area contributed by atoms with Crippen molar-refractivity contribution in [2.24, 2.45) is 5.73 Å². The molecule has 0 aromatic carbocycles. The number of hydrogen-bond acceptors (Lipinski definition) is 3. The predicted octanol–water partition coefficient (Wildman–Crippen LogP) is 1.95. The molecule has 0 saturated heterocycles. The van der Waals surface area contributed by atoms with Gasteiger partial charge in [0.2, 0.25) is 0 Å². The van der Waals surface area contributed by atoms with Crippen LogP contribution in [-0.4, -0.2) is 10.1 Å². The number of nitrogens with zero attached hydrogens (tertiary/aromatic N) is 1. The minimum Gasteiger partial charge on any atom is -0.505 e. The summed E-state index contributed by atoms with van der Waals surface area (Å²) in [5.41, 5.74) is 4.84. The van der Waals surface area contributed by atoms with Crippen LogP contribution in [0.4, 0.5) is 8.78 Å². The molecule has 0 unspecified atom stereocenters. The van der Waals surface area contributed by atoms with Crippen molar-refractivity contribution < 1.29 is 13.9 Å². The van der Waals surface area contributed by atoms with Gasteiger partial charge < -0.3 is 10.8 Å². The van der Waals surface area contributed by atoms with Crippen molar-refractivity contribution in [2.45, 2.75) is 13.0 Å². The molecule has 0 atom stereocenters. The van der Waals surface area contributed by atoms with Crippen molar-refractivity contribution in [3.63, 3.8) is 0 Å². The van der Waals surface area contributed by atoms with Gasteiger partial charge in [0.05, 0.1) is 0 Å². The Morgan fingerprint density at radius 2 is 2.23 bits per heavy atom. The van der Waals surface area contributed by atoms with Gasteiger partial charge in [0.1, 0.15) is 16.0 Å². The lowest BCUT2D eigenvalue weighted by Crippen LogP contribution is -2.01. The summed E-state index contributed by atoms with van der Waals surface area (Å²) in [6, 6.07) is 1.40. The maximum absolute atomic E-state index is 12.2. The molecule has 0 aliphatic heterocycles. The smallest absolute Gasteiger partial charge is 0.284 e. The molecule has 1 aromatic rings. The largest absolute Gasteiger partial charge is 0.505 e. The van der Waals surface area contributed by atoms with Crippen molar-refractivity contribution in [3.8, 4) is 5.75 Å². The minimum atomic E-state index is -2.80. The number of alkyl halides is 2. The van der Waals surface area contributed by atoms with Crippen LogP contribution in [-0.2, 0) is 6.54 Å². The third kappa shape index (κ3) is 2.13. The van der Waals surface area contributed by atoms with E-state index in [1.807, 2.05) is 0 Å². The molecule has 0 aliphatic carbocycles. The van der Waals surface area contributed by atoms with E-state index in [1.54, 1.807) is 0 Å². The summed E-state index contributed by atoms with van der Waals surface area (Å²) < 4.78 is 24.7. The molecule has 1 heterocycles. The standard InChI is InChI=1S/C7H7BrF2N2O/c8-4-1-3(2-11)6(13)5(12-4)7(9)10/h1,7,13H,2,11H2. The average molecular weight is 253 g/mol. The van der Waals surface area contributed by atoms with Gasteiger partial charge >= 0.3 is 0 Å². The molecule has 13 heavy (non-hydrogen) atoms. The molecule has 1 aromatic heterocycles. The van der Waals surface area contributed by atoms with Crippen LogP contribution in [0.2, 0.25) is 0 Å². The highest BCUT2D eigenvalue weighted by atomic mass is 79.9. The van der Waals surface area contributed by atoms with E-state index in [-0.39, 0.29) is 16.7 Å². The Hall–Kier alpha value is -0.750. The van der Waals surface area contributed by atoms with Gasteiger partial charge in [-0.1, -0.05) is 0 Å². The molecule has 1 rings (SSSR count). The summed E-state index contributed by atoms with van der Waals surface area (Å²) in [6.45, 7) is -0.00727. The molecule has 72 valence electrons. The molecule has 6 heteroatoms. The van der Waals surface area contributed by atoms with Gasteiger partial charge in [-0.15, -0.1) is 0 Å². The number of hydrogen-bond donors (Lipinski definition) is 2. The molecule has 0 bridgehead atoms. The number of pyridine rings is 1. The molecular weight excluding hydrogens is 246 g/mol. The number of halogens is 3. The van der Waals surface area contributed by atoms with Crippen molar-refractivity contribution in [1.29, 1.82) is 0 Å². The van der Waals surface area contributed by atoms with Gasteiger partial charge in [0.15, 0.2) is 0 Å². The van der Waals surface area contributed by atoms with E-state index >= 15 is 0 Å². The molecule has 0 amide bonds. The molecule has 3 N–H and O–H groups in total. The first-order chi connectivity index (χ1) is 6.06. The van der Waals surface area contributed by atoms with Crippen LogP contribution in [0.1, 0.15) is 17.7 Å². The second-order valence-corrected chi connectivity index (χ2v) is 3.16. The number of aromatic nitrogens is 1. The Labute approximate surface area is 81.7 Å². The van der Waals surface area contributed by atoms with E-state index < -0.39 is 17.9 Å². The van der Waals surface area contributed by atoms with Gasteiger partial charge in [-0.2, -0.15) is 0 Å². The first-order valence-corrected chi connectivity index (χ1v) is 4.22.